The summed E-state index contributed by atoms with van der Waals surface area (Å²) in [6.07, 6.45) is 1.71. The van der Waals surface area contributed by atoms with Gasteiger partial charge in [0, 0.05) is 16.4 Å². The zero-order chi connectivity index (χ0) is 12.3. The van der Waals surface area contributed by atoms with E-state index in [9.17, 15) is 0 Å². The Bertz CT molecular complexity index is 531. The Kier molecular flexibility index (Phi) is 3.97. The summed E-state index contributed by atoms with van der Waals surface area (Å²) in [4.78, 5) is 8.59. The van der Waals surface area contributed by atoms with Gasteiger partial charge in [0.25, 0.3) is 0 Å². The van der Waals surface area contributed by atoms with Crippen LogP contribution >= 0.6 is 27.5 Å². The number of aryl methyl sites for hydroxylation is 1. The molecule has 0 bridgehead atoms. The molecule has 17 heavy (non-hydrogen) atoms. The van der Waals surface area contributed by atoms with Crippen molar-refractivity contribution in [1.82, 2.24) is 9.97 Å². The lowest BCUT2D eigenvalue weighted by molar-refractivity contribution is 1.00. The first-order valence-electron chi connectivity index (χ1n) is 5.12. The van der Waals surface area contributed by atoms with E-state index in [-0.39, 0.29) is 0 Å². The van der Waals surface area contributed by atoms with Gasteiger partial charge >= 0.3 is 0 Å². The van der Waals surface area contributed by atoms with Crippen molar-refractivity contribution in [2.75, 3.05) is 5.32 Å². The van der Waals surface area contributed by atoms with Crippen LogP contribution in [0.1, 0.15) is 11.4 Å². The van der Waals surface area contributed by atoms with Gasteiger partial charge in [-0.2, -0.15) is 0 Å². The molecule has 5 heteroatoms. The van der Waals surface area contributed by atoms with Crippen LogP contribution in [0.3, 0.4) is 0 Å². The largest absolute Gasteiger partial charge is 0.363 e. The minimum absolute atomic E-state index is 0.590. The molecule has 88 valence electrons. The molecule has 0 unspecified atom stereocenters. The fourth-order valence-electron chi connectivity index (χ4n) is 1.42. The molecule has 0 saturated heterocycles. The van der Waals surface area contributed by atoms with Crippen LogP contribution in [0, 0.1) is 6.92 Å². The molecule has 3 nitrogen and oxygen atoms in total. The quantitative estimate of drug-likeness (QED) is 0.936. The molecule has 0 fully saturated rings. The molecule has 0 atom stereocenters. The molecule has 0 amide bonds. The second kappa shape index (κ2) is 5.47. The van der Waals surface area contributed by atoms with Gasteiger partial charge in [-0.25, -0.2) is 4.98 Å². The van der Waals surface area contributed by atoms with Crippen LogP contribution < -0.4 is 5.32 Å². The first-order chi connectivity index (χ1) is 8.15. The number of pyridine rings is 2. The first-order valence-corrected chi connectivity index (χ1v) is 6.30. The van der Waals surface area contributed by atoms with Gasteiger partial charge in [-0.3, -0.25) is 4.98 Å². The van der Waals surface area contributed by atoms with Gasteiger partial charge in [0.2, 0.25) is 0 Å². The Hall–Kier alpha value is -1.13. The number of nitrogens with one attached hydrogen (secondary N) is 1. The lowest BCUT2D eigenvalue weighted by Crippen LogP contribution is -2.04. The van der Waals surface area contributed by atoms with E-state index in [0.717, 1.165) is 15.9 Å². The van der Waals surface area contributed by atoms with Crippen molar-refractivity contribution < 1.29 is 0 Å². The molecular weight excluding hydrogens is 302 g/mol. The maximum Gasteiger partial charge on any atom is 0.145 e. The van der Waals surface area contributed by atoms with Crippen molar-refractivity contribution >= 4 is 33.3 Å². The SMILES string of the molecule is Cc1cccc(CNc2ncc(Br)cc2Cl)n1. The van der Waals surface area contributed by atoms with Crippen LogP contribution in [-0.2, 0) is 6.54 Å². The zero-order valence-electron chi connectivity index (χ0n) is 9.24. The van der Waals surface area contributed by atoms with Crippen molar-refractivity contribution in [3.8, 4) is 0 Å². The Balaban J connectivity index is 2.07. The number of hydrogen-bond donors (Lipinski definition) is 1. The van der Waals surface area contributed by atoms with E-state index >= 15 is 0 Å². The highest BCUT2D eigenvalue weighted by molar-refractivity contribution is 9.10. The monoisotopic (exact) mass is 311 g/mol. The third-order valence-corrected chi connectivity index (χ3v) is 2.91. The minimum atomic E-state index is 0.590. The predicted octanol–water partition coefficient (Wildman–Crippen LogP) is 3.81. The minimum Gasteiger partial charge on any atom is -0.363 e. The summed E-state index contributed by atoms with van der Waals surface area (Å²) in [5, 5.41) is 3.75. The van der Waals surface area contributed by atoms with Gasteiger partial charge < -0.3 is 5.32 Å². The van der Waals surface area contributed by atoms with Gasteiger partial charge in [-0.05, 0) is 41.1 Å². The summed E-state index contributed by atoms with van der Waals surface area (Å²) in [6.45, 7) is 2.57. The molecule has 0 radical (unpaired) electrons. The Morgan fingerprint density at radius 3 is 2.94 bits per heavy atom. The van der Waals surface area contributed by atoms with E-state index in [0.29, 0.717) is 17.4 Å². The molecular formula is C12H11BrClN3. The summed E-state index contributed by atoms with van der Waals surface area (Å²) < 4.78 is 0.863. The van der Waals surface area contributed by atoms with Gasteiger partial charge in [-0.1, -0.05) is 17.7 Å². The average Bonchev–Trinajstić information content (AvgIpc) is 2.28. The summed E-state index contributed by atoms with van der Waals surface area (Å²) >= 11 is 9.37. The summed E-state index contributed by atoms with van der Waals surface area (Å²) in [7, 11) is 0. The Labute approximate surface area is 113 Å². The number of halogens is 2. The number of anilines is 1. The highest BCUT2D eigenvalue weighted by Gasteiger charge is 2.02. The highest BCUT2D eigenvalue weighted by atomic mass is 79.9. The Morgan fingerprint density at radius 2 is 2.24 bits per heavy atom. The van der Waals surface area contributed by atoms with Gasteiger partial charge in [-0.15, -0.1) is 0 Å². The van der Waals surface area contributed by atoms with Crippen molar-refractivity contribution in [3.05, 3.63) is 51.3 Å². The molecule has 0 aromatic carbocycles. The third-order valence-electron chi connectivity index (χ3n) is 2.19. The van der Waals surface area contributed by atoms with Crippen molar-refractivity contribution in [2.45, 2.75) is 13.5 Å². The maximum absolute atomic E-state index is 6.05. The number of aromatic nitrogens is 2. The molecule has 0 aliphatic rings. The second-order valence-corrected chi connectivity index (χ2v) is 4.93. The van der Waals surface area contributed by atoms with E-state index in [1.54, 1.807) is 12.3 Å². The number of nitrogens with zero attached hydrogens (tertiary/aromatic N) is 2. The molecule has 1 N–H and O–H groups in total. The van der Waals surface area contributed by atoms with Crippen molar-refractivity contribution in [2.24, 2.45) is 0 Å². The van der Waals surface area contributed by atoms with E-state index in [1.165, 1.54) is 0 Å². The number of rotatable bonds is 3. The second-order valence-electron chi connectivity index (χ2n) is 3.61. The molecule has 2 aromatic heterocycles. The molecule has 2 heterocycles. The standard InChI is InChI=1S/C12H11BrClN3/c1-8-3-2-4-10(17-8)7-16-12-11(14)5-9(13)6-15-12/h2-6H,7H2,1H3,(H,15,16). The molecule has 0 aliphatic carbocycles. The molecule has 2 rings (SSSR count). The fraction of sp³-hybridized carbons (Fsp3) is 0.167. The normalized spacial score (nSPS) is 10.3. The van der Waals surface area contributed by atoms with Crippen LogP contribution in [0.5, 0.6) is 0 Å². The highest BCUT2D eigenvalue weighted by Crippen LogP contribution is 2.23. The van der Waals surface area contributed by atoms with Crippen molar-refractivity contribution in [3.63, 3.8) is 0 Å². The van der Waals surface area contributed by atoms with Crippen LogP contribution in [0.4, 0.5) is 5.82 Å². The average molecular weight is 313 g/mol. The van der Waals surface area contributed by atoms with Crippen molar-refractivity contribution in [1.29, 1.82) is 0 Å². The van der Waals surface area contributed by atoms with E-state index in [1.807, 2.05) is 25.1 Å². The summed E-state index contributed by atoms with van der Waals surface area (Å²) in [5.74, 6) is 0.665. The third kappa shape index (κ3) is 3.41. The lowest BCUT2D eigenvalue weighted by Gasteiger charge is -2.07. The lowest BCUT2D eigenvalue weighted by atomic mass is 10.3. The van der Waals surface area contributed by atoms with E-state index in [4.69, 9.17) is 11.6 Å². The maximum atomic E-state index is 6.05. The van der Waals surface area contributed by atoms with Crippen LogP contribution in [0.25, 0.3) is 0 Å². The van der Waals surface area contributed by atoms with Crippen LogP contribution in [-0.4, -0.2) is 9.97 Å². The first kappa shape index (κ1) is 12.3. The van der Waals surface area contributed by atoms with E-state index < -0.39 is 0 Å². The summed E-state index contributed by atoms with van der Waals surface area (Å²) in [5.41, 5.74) is 1.96. The predicted molar refractivity (Wildman–Crippen MR) is 73.2 cm³/mol. The van der Waals surface area contributed by atoms with Gasteiger partial charge in [0.15, 0.2) is 0 Å². The smallest absolute Gasteiger partial charge is 0.145 e. The molecule has 0 saturated carbocycles. The summed E-state index contributed by atoms with van der Waals surface area (Å²) in [6, 6.07) is 7.72. The fourth-order valence-corrected chi connectivity index (χ4v) is 2.11. The molecule has 0 aliphatic heterocycles. The zero-order valence-corrected chi connectivity index (χ0v) is 11.6. The molecule has 0 spiro atoms. The Morgan fingerprint density at radius 1 is 1.41 bits per heavy atom. The molecule has 2 aromatic rings. The van der Waals surface area contributed by atoms with Gasteiger partial charge in [0.05, 0.1) is 17.3 Å². The number of hydrogen-bond acceptors (Lipinski definition) is 3. The topological polar surface area (TPSA) is 37.8 Å². The van der Waals surface area contributed by atoms with Crippen LogP contribution in [0.2, 0.25) is 5.02 Å². The van der Waals surface area contributed by atoms with E-state index in [2.05, 4.69) is 31.2 Å². The van der Waals surface area contributed by atoms with Crippen LogP contribution in [0.15, 0.2) is 34.9 Å². The van der Waals surface area contributed by atoms with Gasteiger partial charge in [0.1, 0.15) is 5.82 Å².